The van der Waals surface area contributed by atoms with E-state index in [0.29, 0.717) is 42.6 Å². The molecule has 9 heteroatoms. The number of sulfonamides is 1. The van der Waals surface area contributed by atoms with Crippen LogP contribution in [-0.4, -0.2) is 50.5 Å². The van der Waals surface area contributed by atoms with Crippen LogP contribution in [0.1, 0.15) is 73.4 Å². The third-order valence-electron chi connectivity index (χ3n) is 9.72. The Bertz CT molecular complexity index is 1460. The van der Waals surface area contributed by atoms with E-state index >= 15 is 0 Å². The number of anilines is 1. The summed E-state index contributed by atoms with van der Waals surface area (Å²) in [5.74, 6) is 0.813. The highest BCUT2D eigenvalue weighted by Gasteiger charge is 2.43. The van der Waals surface area contributed by atoms with Gasteiger partial charge in [-0.1, -0.05) is 36.7 Å². The number of hydrogen-bond donors (Lipinski definition) is 2. The first-order valence-corrected chi connectivity index (χ1v) is 16.8. The van der Waals surface area contributed by atoms with Crippen LogP contribution in [0.2, 0.25) is 5.02 Å². The Hall–Kier alpha value is -2.55. The first-order valence-electron chi connectivity index (χ1n) is 14.9. The normalized spacial score (nSPS) is 32.0. The third kappa shape index (κ3) is 5.63. The number of amides is 1. The smallest absolute Gasteiger partial charge is 0.264 e. The summed E-state index contributed by atoms with van der Waals surface area (Å²) in [5.41, 5.74) is 3.42. The van der Waals surface area contributed by atoms with E-state index in [0.717, 1.165) is 55.9 Å². The van der Waals surface area contributed by atoms with Crippen LogP contribution in [-0.2, 0) is 21.9 Å². The average molecular weight is 599 g/mol. The van der Waals surface area contributed by atoms with Gasteiger partial charge in [0.15, 0.2) is 0 Å². The van der Waals surface area contributed by atoms with E-state index in [2.05, 4.69) is 27.8 Å². The van der Waals surface area contributed by atoms with Crippen molar-refractivity contribution in [3.63, 3.8) is 0 Å². The van der Waals surface area contributed by atoms with Crippen LogP contribution in [0.4, 0.5) is 5.69 Å². The van der Waals surface area contributed by atoms with Gasteiger partial charge in [0, 0.05) is 29.1 Å². The van der Waals surface area contributed by atoms with Gasteiger partial charge in [-0.25, -0.2) is 13.1 Å². The number of nitrogens with one attached hydrogen (secondary N) is 1. The number of aliphatic hydroxyl groups is 1. The number of ether oxygens (including phenoxy) is 1. The summed E-state index contributed by atoms with van der Waals surface area (Å²) in [4.78, 5) is 15.7. The Morgan fingerprint density at radius 1 is 1.12 bits per heavy atom. The molecule has 2 aliphatic heterocycles. The Morgan fingerprint density at radius 3 is 2.76 bits per heavy atom. The number of aryl methyl sites for hydroxylation is 1. The summed E-state index contributed by atoms with van der Waals surface area (Å²) in [6.45, 7) is 3.82. The van der Waals surface area contributed by atoms with E-state index in [9.17, 15) is 18.3 Å². The lowest BCUT2D eigenvalue weighted by atomic mass is 9.69. The Morgan fingerprint density at radius 2 is 1.98 bits per heavy atom. The number of nitrogens with zero attached hydrogens (tertiary/aromatic N) is 1. The zero-order valence-electron chi connectivity index (χ0n) is 23.5. The van der Waals surface area contributed by atoms with Crippen LogP contribution in [0.5, 0.6) is 5.75 Å². The van der Waals surface area contributed by atoms with Gasteiger partial charge < -0.3 is 14.7 Å². The molecule has 1 saturated carbocycles. The summed E-state index contributed by atoms with van der Waals surface area (Å²) in [6, 6.07) is 11.4. The second-order valence-corrected chi connectivity index (χ2v) is 14.7. The standard InChI is InChI=1S/C32H39ClN2O5S/c1-2-27-12-11-26(36)10-7-21-5-6-24(21)18-35-19-32(15-3-4-22-16-25(33)9-13-28(22)32)20-40-30-14-8-23(17-29(30)35)31(37)34-41(27,38)39/h7-10,13-14,16-17,21,24,26-27,36H,2-6,11-12,15,18-20H2,1H3,(H,34,37)/b10-7+/t21-,24-,26-,27+,32-/m0/s1. The van der Waals surface area contributed by atoms with Crippen LogP contribution >= 0.6 is 11.6 Å². The van der Waals surface area contributed by atoms with Gasteiger partial charge in [-0.2, -0.15) is 0 Å². The largest absolute Gasteiger partial charge is 0.490 e. The molecule has 2 N–H and O–H groups in total. The number of halogens is 1. The molecule has 2 heterocycles. The van der Waals surface area contributed by atoms with E-state index in [4.69, 9.17) is 16.3 Å². The van der Waals surface area contributed by atoms with Gasteiger partial charge in [-0.3, -0.25) is 4.79 Å². The topological polar surface area (TPSA) is 95.9 Å². The number of carbonyl (C=O) groups is 1. The predicted molar refractivity (Wildman–Crippen MR) is 161 cm³/mol. The van der Waals surface area contributed by atoms with Crippen molar-refractivity contribution in [2.24, 2.45) is 11.8 Å². The molecule has 1 amide bonds. The quantitative estimate of drug-likeness (QED) is 0.428. The van der Waals surface area contributed by atoms with Crippen LogP contribution in [0, 0.1) is 11.8 Å². The molecule has 41 heavy (non-hydrogen) atoms. The molecular formula is C32H39ClN2O5S. The highest BCUT2D eigenvalue weighted by atomic mass is 35.5. The summed E-state index contributed by atoms with van der Waals surface area (Å²) in [7, 11) is -3.92. The maximum Gasteiger partial charge on any atom is 0.264 e. The molecule has 1 fully saturated rings. The molecule has 1 spiro atoms. The summed E-state index contributed by atoms with van der Waals surface area (Å²) >= 11 is 6.38. The molecule has 2 aromatic rings. The van der Waals surface area contributed by atoms with Crippen LogP contribution in [0.3, 0.4) is 0 Å². The minimum Gasteiger partial charge on any atom is -0.490 e. The number of hydrogen-bond acceptors (Lipinski definition) is 6. The molecule has 5 atom stereocenters. The number of benzene rings is 2. The molecule has 2 aromatic carbocycles. The van der Waals surface area contributed by atoms with Crippen LogP contribution in [0.25, 0.3) is 0 Å². The highest BCUT2D eigenvalue weighted by molar-refractivity contribution is 7.90. The molecule has 6 rings (SSSR count). The first-order chi connectivity index (χ1) is 19.7. The van der Waals surface area contributed by atoms with Crippen molar-refractivity contribution < 1.29 is 23.1 Å². The van der Waals surface area contributed by atoms with Gasteiger partial charge in [0.25, 0.3) is 5.91 Å². The summed E-state index contributed by atoms with van der Waals surface area (Å²) in [6.07, 6.45) is 9.36. The zero-order valence-corrected chi connectivity index (χ0v) is 25.1. The maximum atomic E-state index is 13.3. The van der Waals surface area contributed by atoms with E-state index in [-0.39, 0.29) is 11.8 Å². The zero-order chi connectivity index (χ0) is 28.8. The second kappa shape index (κ2) is 11.3. The SMILES string of the molecule is CC[C@@H]1CC[C@@H](O)/C=C/[C@@H]2CC[C@H]2CN2C[C@@]3(CCCc4cc(Cl)ccc43)COc3ccc(cc32)C(=O)NS1(=O)=O. The Labute approximate surface area is 248 Å². The molecule has 0 radical (unpaired) electrons. The maximum absolute atomic E-state index is 13.3. The fraction of sp³-hybridized carbons (Fsp3) is 0.531. The van der Waals surface area contributed by atoms with Crippen LogP contribution in [0.15, 0.2) is 48.6 Å². The van der Waals surface area contributed by atoms with E-state index < -0.39 is 27.3 Å². The number of rotatable bonds is 1. The van der Waals surface area contributed by atoms with Gasteiger partial charge in [-0.15, -0.1) is 0 Å². The fourth-order valence-corrected chi connectivity index (χ4v) is 8.81. The van der Waals surface area contributed by atoms with E-state index in [1.165, 1.54) is 11.1 Å². The van der Waals surface area contributed by atoms with Gasteiger partial charge in [-0.05, 0) is 105 Å². The monoisotopic (exact) mass is 598 g/mol. The number of fused-ring (bicyclic) bond motifs is 4. The lowest BCUT2D eigenvalue weighted by Gasteiger charge is -2.44. The van der Waals surface area contributed by atoms with Gasteiger partial charge in [0.05, 0.1) is 23.6 Å². The van der Waals surface area contributed by atoms with Gasteiger partial charge in [0.1, 0.15) is 5.75 Å². The number of carbonyl (C=O) groups excluding carboxylic acids is 1. The Kier molecular flexibility index (Phi) is 7.85. The molecule has 0 saturated heterocycles. The van der Waals surface area contributed by atoms with Crippen molar-refractivity contribution in [1.29, 1.82) is 0 Å². The lowest BCUT2D eigenvalue weighted by molar-refractivity contribution is 0.0981. The van der Waals surface area contributed by atoms with Crippen molar-refractivity contribution in [2.45, 2.75) is 75.1 Å². The fourth-order valence-electron chi connectivity index (χ4n) is 7.19. The first kappa shape index (κ1) is 28.6. The molecule has 220 valence electrons. The molecule has 7 nitrogen and oxygen atoms in total. The lowest BCUT2D eigenvalue weighted by Crippen LogP contribution is -2.48. The van der Waals surface area contributed by atoms with Gasteiger partial charge >= 0.3 is 0 Å². The molecule has 0 aromatic heterocycles. The van der Waals surface area contributed by atoms with E-state index in [1.807, 2.05) is 18.2 Å². The molecule has 4 aliphatic rings. The van der Waals surface area contributed by atoms with Crippen molar-refractivity contribution in [3.8, 4) is 5.75 Å². The summed E-state index contributed by atoms with van der Waals surface area (Å²) in [5, 5.41) is 10.6. The second-order valence-electron chi connectivity index (χ2n) is 12.3. The van der Waals surface area contributed by atoms with Crippen molar-refractivity contribution >= 4 is 33.2 Å². The minimum absolute atomic E-state index is 0.233. The molecule has 2 bridgehead atoms. The molecular weight excluding hydrogens is 560 g/mol. The molecule has 0 unspecified atom stereocenters. The van der Waals surface area contributed by atoms with Crippen LogP contribution < -0.4 is 14.4 Å². The third-order valence-corrected chi connectivity index (χ3v) is 11.9. The highest BCUT2D eigenvalue weighted by Crippen LogP contribution is 2.46. The van der Waals surface area contributed by atoms with Crippen molar-refractivity contribution in [2.75, 3.05) is 24.6 Å². The average Bonchev–Trinajstić information content (AvgIpc) is 3.07. The van der Waals surface area contributed by atoms with Gasteiger partial charge in [0.2, 0.25) is 10.0 Å². The summed E-state index contributed by atoms with van der Waals surface area (Å²) < 4.78 is 35.2. The minimum atomic E-state index is -3.92. The van der Waals surface area contributed by atoms with E-state index in [1.54, 1.807) is 19.1 Å². The van der Waals surface area contributed by atoms with Crippen molar-refractivity contribution in [3.05, 3.63) is 70.3 Å². The number of aliphatic hydroxyl groups excluding tert-OH is 1. The molecule has 2 aliphatic carbocycles. The van der Waals surface area contributed by atoms with Crippen molar-refractivity contribution in [1.82, 2.24) is 4.72 Å². The predicted octanol–water partition coefficient (Wildman–Crippen LogP) is 5.39. The number of allylic oxidation sites excluding steroid dienone is 1. The Balaban J connectivity index is 1.41.